The van der Waals surface area contributed by atoms with Crippen LogP contribution >= 0.6 is 0 Å². The van der Waals surface area contributed by atoms with Gasteiger partial charge in [-0.15, -0.1) is 0 Å². The van der Waals surface area contributed by atoms with Crippen molar-refractivity contribution >= 4 is 11.6 Å². The summed E-state index contributed by atoms with van der Waals surface area (Å²) in [5.41, 5.74) is 3.59. The Hall–Kier alpha value is -2.41. The number of aromatic nitrogens is 2. The van der Waals surface area contributed by atoms with Gasteiger partial charge in [-0.25, -0.2) is 9.97 Å². The summed E-state index contributed by atoms with van der Waals surface area (Å²) in [5.74, 6) is 0.442. The van der Waals surface area contributed by atoms with Crippen molar-refractivity contribution in [1.82, 2.24) is 9.97 Å². The van der Waals surface area contributed by atoms with Gasteiger partial charge in [-0.3, -0.25) is 0 Å². The van der Waals surface area contributed by atoms with E-state index in [2.05, 4.69) is 15.3 Å². The summed E-state index contributed by atoms with van der Waals surface area (Å²) >= 11 is 0. The van der Waals surface area contributed by atoms with Crippen LogP contribution in [0.2, 0.25) is 0 Å². The van der Waals surface area contributed by atoms with Crippen LogP contribution in [0.25, 0.3) is 0 Å². The van der Waals surface area contributed by atoms with Gasteiger partial charge in [0, 0.05) is 11.9 Å². The third-order valence-electron chi connectivity index (χ3n) is 2.41. The summed E-state index contributed by atoms with van der Waals surface area (Å²) in [6.45, 7) is 4.03. The number of hydrogen-bond donors (Lipinski definition) is 1. The van der Waals surface area contributed by atoms with E-state index >= 15 is 0 Å². The minimum absolute atomic E-state index is 0.354. The number of anilines is 2. The van der Waals surface area contributed by atoms with Crippen molar-refractivity contribution in [3.63, 3.8) is 0 Å². The lowest BCUT2D eigenvalue weighted by atomic mass is 10.1. The van der Waals surface area contributed by atoms with Gasteiger partial charge >= 0.3 is 0 Å². The number of nitrogens with zero attached hydrogens (tertiary/aromatic N) is 3. The molecule has 2 aromatic rings. The van der Waals surface area contributed by atoms with Gasteiger partial charge in [0.05, 0.1) is 0 Å². The van der Waals surface area contributed by atoms with Crippen LogP contribution in [-0.4, -0.2) is 9.97 Å². The molecule has 1 aromatic heterocycles. The van der Waals surface area contributed by atoms with E-state index in [9.17, 15) is 0 Å². The molecule has 0 saturated heterocycles. The highest BCUT2D eigenvalue weighted by atomic mass is 15.1. The summed E-state index contributed by atoms with van der Waals surface area (Å²) in [4.78, 5) is 8.15. The molecule has 0 amide bonds. The molecule has 0 bridgehead atoms. The van der Waals surface area contributed by atoms with Crippen molar-refractivity contribution in [2.45, 2.75) is 13.8 Å². The monoisotopic (exact) mass is 224 g/mol. The van der Waals surface area contributed by atoms with Crippen LogP contribution in [0, 0.1) is 25.2 Å². The van der Waals surface area contributed by atoms with E-state index in [1.807, 2.05) is 38.1 Å². The first-order valence-corrected chi connectivity index (χ1v) is 5.26. The summed E-state index contributed by atoms with van der Waals surface area (Å²) < 4.78 is 0. The van der Waals surface area contributed by atoms with E-state index in [0.29, 0.717) is 11.6 Å². The quantitative estimate of drug-likeness (QED) is 0.851. The fraction of sp³-hybridized carbons (Fsp3) is 0.154. The van der Waals surface area contributed by atoms with Crippen LogP contribution in [0.4, 0.5) is 11.6 Å². The Bertz CT molecular complexity index is 584. The Morgan fingerprint density at radius 1 is 1.24 bits per heavy atom. The molecule has 17 heavy (non-hydrogen) atoms. The zero-order chi connectivity index (χ0) is 12.3. The number of benzene rings is 1. The van der Waals surface area contributed by atoms with Crippen LogP contribution in [0.3, 0.4) is 0 Å². The third kappa shape index (κ3) is 2.58. The predicted octanol–water partition coefficient (Wildman–Crippen LogP) is 2.71. The van der Waals surface area contributed by atoms with Gasteiger partial charge in [0.15, 0.2) is 0 Å². The molecule has 0 radical (unpaired) electrons. The van der Waals surface area contributed by atoms with Crippen LogP contribution in [0.1, 0.15) is 16.8 Å². The minimum atomic E-state index is 0.354. The molecule has 0 aliphatic carbocycles. The van der Waals surface area contributed by atoms with Crippen molar-refractivity contribution in [2.75, 3.05) is 5.32 Å². The van der Waals surface area contributed by atoms with Gasteiger partial charge in [0.25, 0.3) is 0 Å². The van der Waals surface area contributed by atoms with Gasteiger partial charge in [-0.2, -0.15) is 5.26 Å². The van der Waals surface area contributed by atoms with Crippen molar-refractivity contribution < 1.29 is 0 Å². The summed E-state index contributed by atoms with van der Waals surface area (Å²) in [7, 11) is 0. The SMILES string of the molecule is Cc1ccc(C)c(Nc2nccc(C#N)n2)c1. The normalized spacial score (nSPS) is 9.71. The average Bonchev–Trinajstić information content (AvgIpc) is 2.34. The maximum atomic E-state index is 8.76. The molecule has 1 heterocycles. The molecule has 0 aliphatic heterocycles. The lowest BCUT2D eigenvalue weighted by Crippen LogP contribution is -1.99. The molecule has 84 valence electrons. The Labute approximate surface area is 100.0 Å². The molecule has 0 spiro atoms. The number of nitrogens with one attached hydrogen (secondary N) is 1. The Morgan fingerprint density at radius 3 is 2.82 bits per heavy atom. The Kier molecular flexibility index (Phi) is 3.01. The van der Waals surface area contributed by atoms with Crippen LogP contribution in [-0.2, 0) is 0 Å². The third-order valence-corrected chi connectivity index (χ3v) is 2.41. The summed E-state index contributed by atoms with van der Waals surface area (Å²) in [6, 6.07) is 9.67. The van der Waals surface area contributed by atoms with Crippen molar-refractivity contribution in [3.05, 3.63) is 47.3 Å². The lowest BCUT2D eigenvalue weighted by molar-refractivity contribution is 1.14. The number of hydrogen-bond acceptors (Lipinski definition) is 4. The summed E-state index contributed by atoms with van der Waals surface area (Å²) in [6.07, 6.45) is 1.57. The number of nitriles is 1. The highest BCUT2D eigenvalue weighted by Crippen LogP contribution is 2.19. The molecular formula is C13H12N4. The van der Waals surface area contributed by atoms with E-state index in [4.69, 9.17) is 5.26 Å². The molecular weight excluding hydrogens is 212 g/mol. The van der Waals surface area contributed by atoms with E-state index in [1.54, 1.807) is 12.3 Å². The molecule has 4 heteroatoms. The van der Waals surface area contributed by atoms with Crippen LogP contribution < -0.4 is 5.32 Å². The number of aryl methyl sites for hydroxylation is 2. The van der Waals surface area contributed by atoms with Crippen LogP contribution in [0.15, 0.2) is 30.5 Å². The molecule has 2 rings (SSSR count). The first-order chi connectivity index (χ1) is 8.19. The second kappa shape index (κ2) is 4.62. The molecule has 1 N–H and O–H groups in total. The van der Waals surface area contributed by atoms with E-state index in [1.165, 1.54) is 0 Å². The molecule has 0 saturated carbocycles. The molecule has 1 aromatic carbocycles. The molecule has 0 unspecified atom stereocenters. The van der Waals surface area contributed by atoms with Gasteiger partial charge in [-0.05, 0) is 37.1 Å². The van der Waals surface area contributed by atoms with E-state index in [-0.39, 0.29) is 0 Å². The predicted molar refractivity (Wildman–Crippen MR) is 65.9 cm³/mol. The van der Waals surface area contributed by atoms with E-state index in [0.717, 1.165) is 16.8 Å². The zero-order valence-corrected chi connectivity index (χ0v) is 9.73. The molecule has 4 nitrogen and oxygen atoms in total. The second-order valence-electron chi connectivity index (χ2n) is 3.82. The zero-order valence-electron chi connectivity index (χ0n) is 9.73. The Morgan fingerprint density at radius 2 is 2.06 bits per heavy atom. The summed E-state index contributed by atoms with van der Waals surface area (Å²) in [5, 5.41) is 11.9. The lowest BCUT2D eigenvalue weighted by Gasteiger charge is -2.08. The van der Waals surface area contributed by atoms with Gasteiger partial charge in [0.2, 0.25) is 5.95 Å². The average molecular weight is 224 g/mol. The van der Waals surface area contributed by atoms with Crippen molar-refractivity contribution in [1.29, 1.82) is 5.26 Å². The highest BCUT2D eigenvalue weighted by Gasteiger charge is 2.02. The second-order valence-corrected chi connectivity index (χ2v) is 3.82. The molecule has 0 fully saturated rings. The van der Waals surface area contributed by atoms with Gasteiger partial charge < -0.3 is 5.32 Å². The van der Waals surface area contributed by atoms with Crippen LogP contribution in [0.5, 0.6) is 0 Å². The molecule has 0 aliphatic rings. The minimum Gasteiger partial charge on any atom is -0.324 e. The first-order valence-electron chi connectivity index (χ1n) is 5.26. The van der Waals surface area contributed by atoms with Crippen molar-refractivity contribution in [3.8, 4) is 6.07 Å². The van der Waals surface area contributed by atoms with Gasteiger partial charge in [-0.1, -0.05) is 12.1 Å². The van der Waals surface area contributed by atoms with Crippen molar-refractivity contribution in [2.24, 2.45) is 0 Å². The standard InChI is InChI=1S/C13H12N4/c1-9-3-4-10(2)12(7-9)17-13-15-6-5-11(8-14)16-13/h3-7H,1-2H3,(H,15,16,17). The first kappa shape index (κ1) is 11.1. The molecule has 0 atom stereocenters. The highest BCUT2D eigenvalue weighted by molar-refractivity contribution is 5.59. The fourth-order valence-electron chi connectivity index (χ4n) is 1.47. The topological polar surface area (TPSA) is 61.6 Å². The van der Waals surface area contributed by atoms with Gasteiger partial charge in [0.1, 0.15) is 11.8 Å². The van der Waals surface area contributed by atoms with E-state index < -0.39 is 0 Å². The Balaban J connectivity index is 2.31. The maximum Gasteiger partial charge on any atom is 0.228 e. The number of rotatable bonds is 2. The largest absolute Gasteiger partial charge is 0.324 e. The maximum absolute atomic E-state index is 8.76. The smallest absolute Gasteiger partial charge is 0.228 e. The fourth-order valence-corrected chi connectivity index (χ4v) is 1.47.